The normalized spacial score (nSPS) is 19.8. The van der Waals surface area contributed by atoms with Crippen molar-refractivity contribution in [2.75, 3.05) is 37.9 Å². The second-order valence-electron chi connectivity index (χ2n) is 9.17. The molecule has 0 bridgehead atoms. The monoisotopic (exact) mass is 559 g/mol. The molecule has 37 heavy (non-hydrogen) atoms. The first-order valence-electron chi connectivity index (χ1n) is 11.9. The van der Waals surface area contributed by atoms with Crippen molar-refractivity contribution < 1.29 is 15.1 Å². The minimum absolute atomic E-state index is 0.0575. The van der Waals surface area contributed by atoms with Gasteiger partial charge < -0.3 is 14.7 Å². The summed E-state index contributed by atoms with van der Waals surface area (Å²) >= 11 is 12.9. The predicted octanol–water partition coefficient (Wildman–Crippen LogP) is 5.63. The summed E-state index contributed by atoms with van der Waals surface area (Å²) in [6.07, 6.45) is 0. The lowest BCUT2D eigenvalue weighted by molar-refractivity contribution is -0.0311. The first-order valence-corrected chi connectivity index (χ1v) is 13.2. The molecule has 0 amide bonds. The van der Waals surface area contributed by atoms with Gasteiger partial charge in [-0.25, -0.2) is 10.1 Å². The van der Waals surface area contributed by atoms with Gasteiger partial charge in [0, 0.05) is 42.4 Å². The number of rotatable bonds is 8. The number of benzene rings is 3. The molecule has 10 heteroatoms. The van der Waals surface area contributed by atoms with Crippen molar-refractivity contribution in [2.24, 2.45) is 0 Å². The lowest BCUT2D eigenvalue weighted by Crippen LogP contribution is -2.58. The van der Waals surface area contributed by atoms with Crippen LogP contribution < -0.4 is 14.1 Å². The minimum atomic E-state index is -0.413. The summed E-state index contributed by atoms with van der Waals surface area (Å²) in [7, 11) is 2.51. The van der Waals surface area contributed by atoms with E-state index in [1.165, 1.54) is 0 Å². The van der Waals surface area contributed by atoms with Crippen molar-refractivity contribution in [2.45, 2.75) is 19.0 Å². The van der Waals surface area contributed by atoms with Crippen molar-refractivity contribution in [3.8, 4) is 11.8 Å². The molecule has 4 atom stereocenters. The number of anilines is 1. The van der Waals surface area contributed by atoms with E-state index >= 15 is 0 Å². The highest BCUT2D eigenvalue weighted by molar-refractivity contribution is 7.16. The fraction of sp³-hybridized carbons (Fsp3) is 0.296. The van der Waals surface area contributed by atoms with Crippen LogP contribution in [0.5, 0.6) is 5.75 Å². The summed E-state index contributed by atoms with van der Waals surface area (Å²) in [6, 6.07) is 22.4. The van der Waals surface area contributed by atoms with E-state index in [0.717, 1.165) is 11.3 Å². The fourth-order valence-corrected chi connectivity index (χ4v) is 5.58. The first kappa shape index (κ1) is 27.6. The number of hydroxylamine groups is 1. The third-order valence-electron chi connectivity index (χ3n) is 6.44. The molecule has 1 aliphatic rings. The Labute approximate surface area is 229 Å². The van der Waals surface area contributed by atoms with Crippen LogP contribution in [-0.4, -0.2) is 54.2 Å². The molecule has 0 saturated carbocycles. The molecular formula is C27H30Cl2N4O3P+. The molecule has 194 valence electrons. The molecule has 3 aromatic rings. The van der Waals surface area contributed by atoms with E-state index in [1.54, 1.807) is 30.3 Å². The van der Waals surface area contributed by atoms with E-state index in [-0.39, 0.29) is 25.3 Å². The van der Waals surface area contributed by atoms with Crippen LogP contribution in [0.1, 0.15) is 24.1 Å². The Hall–Kier alpha value is -2.40. The smallest absolute Gasteiger partial charge is 0.171 e. The molecule has 0 spiro atoms. The molecular weight excluding hydrogens is 530 g/mol. The minimum Gasteiger partial charge on any atom is -0.491 e. The third-order valence-corrected chi connectivity index (χ3v) is 7.45. The number of halogens is 2. The van der Waals surface area contributed by atoms with E-state index in [0.29, 0.717) is 46.8 Å². The molecule has 2 unspecified atom stereocenters. The van der Waals surface area contributed by atoms with Gasteiger partial charge in [0.25, 0.3) is 0 Å². The Balaban J connectivity index is 1.63. The summed E-state index contributed by atoms with van der Waals surface area (Å²) in [5, 5.41) is 30.7. The van der Waals surface area contributed by atoms with Crippen molar-refractivity contribution in [1.82, 2.24) is 9.32 Å². The number of hydrogen-bond acceptors (Lipinski definition) is 6. The van der Waals surface area contributed by atoms with Gasteiger partial charge in [0.05, 0.1) is 35.0 Å². The number of aliphatic hydroxyl groups is 1. The average molecular weight is 560 g/mol. The molecule has 1 saturated heterocycles. The Bertz CT molecular complexity index is 1250. The highest BCUT2D eigenvalue weighted by Crippen LogP contribution is 2.40. The largest absolute Gasteiger partial charge is 0.491 e. The maximum Gasteiger partial charge on any atom is 0.171 e. The summed E-state index contributed by atoms with van der Waals surface area (Å²) in [6.45, 7) is 3.93. The molecule has 0 aromatic heterocycles. The highest BCUT2D eigenvalue weighted by atomic mass is 35.5. The molecule has 3 aromatic carbocycles. The Kier molecular flexibility index (Phi) is 8.94. The zero-order chi connectivity index (χ0) is 26.6. The third kappa shape index (κ3) is 6.54. The van der Waals surface area contributed by atoms with Crippen molar-refractivity contribution in [1.29, 1.82) is 5.26 Å². The summed E-state index contributed by atoms with van der Waals surface area (Å²) in [5.74, 6) is 0.602. The topological polar surface area (TPSA) is 80.0 Å². The van der Waals surface area contributed by atoms with Crippen molar-refractivity contribution >= 4 is 44.0 Å². The molecule has 0 aliphatic carbocycles. The fourth-order valence-electron chi connectivity index (χ4n) is 4.78. The van der Waals surface area contributed by atoms with Crippen LogP contribution in [0.25, 0.3) is 0 Å². The quantitative estimate of drug-likeness (QED) is 0.275. The number of piperazine rings is 1. The van der Waals surface area contributed by atoms with E-state index < -0.39 is 4.42 Å². The van der Waals surface area contributed by atoms with E-state index in [9.17, 15) is 5.21 Å². The zero-order valence-corrected chi connectivity index (χ0v) is 23.1. The van der Waals surface area contributed by atoms with Gasteiger partial charge in [0.2, 0.25) is 0 Å². The highest BCUT2D eigenvalue weighted by Gasteiger charge is 2.38. The van der Waals surface area contributed by atoms with Gasteiger partial charge in [-0.2, -0.15) is 5.26 Å². The SMILES string of the molecule is C[C@@H]1CN(C[N+](O)(P)c2ccc(C#N)cc2)C[C@@H](c2ccc(Cl)cc2)N1c1ccc(OCCO)cc1Cl. The van der Waals surface area contributed by atoms with Crippen LogP contribution in [0, 0.1) is 11.3 Å². The number of nitriles is 1. The van der Waals surface area contributed by atoms with Gasteiger partial charge in [-0.3, -0.25) is 0 Å². The Morgan fingerprint density at radius 3 is 2.41 bits per heavy atom. The molecule has 1 heterocycles. The predicted molar refractivity (Wildman–Crippen MR) is 151 cm³/mol. The van der Waals surface area contributed by atoms with Gasteiger partial charge in [0.1, 0.15) is 21.7 Å². The van der Waals surface area contributed by atoms with Crippen LogP contribution in [0.4, 0.5) is 11.4 Å². The van der Waals surface area contributed by atoms with Crippen LogP contribution in [0.2, 0.25) is 10.0 Å². The van der Waals surface area contributed by atoms with Gasteiger partial charge in [0.15, 0.2) is 12.4 Å². The number of quaternary nitrogens is 1. The molecule has 4 rings (SSSR count). The average Bonchev–Trinajstić information content (AvgIpc) is 2.88. The van der Waals surface area contributed by atoms with Gasteiger partial charge in [-0.15, -0.1) is 4.42 Å². The van der Waals surface area contributed by atoms with E-state index in [2.05, 4.69) is 32.2 Å². The summed E-state index contributed by atoms with van der Waals surface area (Å²) in [4.78, 5) is 4.52. The second-order valence-corrected chi connectivity index (χ2v) is 10.9. The van der Waals surface area contributed by atoms with Crippen LogP contribution in [-0.2, 0) is 0 Å². The maximum atomic E-state index is 11.3. The van der Waals surface area contributed by atoms with E-state index in [4.69, 9.17) is 38.3 Å². The zero-order valence-electron chi connectivity index (χ0n) is 20.5. The molecule has 1 fully saturated rings. The van der Waals surface area contributed by atoms with Crippen molar-refractivity contribution in [3.05, 3.63) is 87.9 Å². The molecule has 1 aliphatic heterocycles. The lowest BCUT2D eigenvalue weighted by atomic mass is 9.98. The Morgan fingerprint density at radius 1 is 1.08 bits per heavy atom. The number of nitrogens with zero attached hydrogens (tertiary/aromatic N) is 4. The second kappa shape index (κ2) is 12.0. The van der Waals surface area contributed by atoms with Gasteiger partial charge in [-0.05, 0) is 48.9 Å². The standard InChI is InChI=1S/C27H30Cl2N4O3P/c1-19-16-31(18-33(35,37)23-8-2-20(15-30)3-9-23)17-27(21-4-6-22(28)7-5-21)32(19)26-11-10-24(14-25(26)29)36-13-12-34/h2-11,14,19,27,34-35H,12-13,16-18,37H2,1H3/q+1/t19-,27+,33?/m1/s1. The van der Waals surface area contributed by atoms with Crippen LogP contribution in [0.3, 0.4) is 0 Å². The van der Waals surface area contributed by atoms with Crippen LogP contribution in [0.15, 0.2) is 66.7 Å². The summed E-state index contributed by atoms with van der Waals surface area (Å²) < 4.78 is 5.12. The van der Waals surface area contributed by atoms with E-state index in [1.807, 2.05) is 36.4 Å². The molecule has 2 N–H and O–H groups in total. The lowest BCUT2D eigenvalue weighted by Gasteiger charge is -2.48. The number of hydrogen-bond donors (Lipinski definition) is 2. The number of aliphatic hydroxyl groups excluding tert-OH is 1. The summed E-state index contributed by atoms with van der Waals surface area (Å²) in [5.41, 5.74) is 3.18. The maximum absolute atomic E-state index is 11.3. The van der Waals surface area contributed by atoms with Gasteiger partial charge >= 0.3 is 0 Å². The van der Waals surface area contributed by atoms with Crippen molar-refractivity contribution in [3.63, 3.8) is 0 Å². The first-order chi connectivity index (χ1) is 17.7. The Morgan fingerprint density at radius 2 is 1.78 bits per heavy atom. The number of ether oxygens (including phenoxy) is 1. The molecule has 0 radical (unpaired) electrons. The molecule has 7 nitrogen and oxygen atoms in total. The van der Waals surface area contributed by atoms with Crippen LogP contribution >= 0.6 is 32.6 Å². The van der Waals surface area contributed by atoms with Gasteiger partial charge in [-0.1, -0.05) is 35.3 Å².